The van der Waals surface area contributed by atoms with Crippen LogP contribution in [-0.2, 0) is 0 Å². The summed E-state index contributed by atoms with van der Waals surface area (Å²) in [5.41, 5.74) is 2.77. The van der Waals surface area contributed by atoms with Gasteiger partial charge in [0.1, 0.15) is 0 Å². The normalized spacial score (nSPS) is 12.8. The molecule has 0 aliphatic heterocycles. The standard InChI is InChI=1S/C19H27NS/c1-5-12-20-17(6-2)19-11-10-18(21-19)16-9-7-8-15(13-16)14(3)4/h7-11,13-14,17,20H,5-6,12H2,1-4H3. The molecule has 0 amide bonds. The molecule has 1 aromatic carbocycles. The first-order chi connectivity index (χ1) is 10.2. The van der Waals surface area contributed by atoms with Crippen molar-refractivity contribution in [1.82, 2.24) is 5.32 Å². The summed E-state index contributed by atoms with van der Waals surface area (Å²) in [5.74, 6) is 0.582. The van der Waals surface area contributed by atoms with E-state index in [1.54, 1.807) is 0 Å². The van der Waals surface area contributed by atoms with E-state index in [0.717, 1.165) is 13.0 Å². The Labute approximate surface area is 133 Å². The van der Waals surface area contributed by atoms with Crippen molar-refractivity contribution in [3.63, 3.8) is 0 Å². The van der Waals surface area contributed by atoms with E-state index in [-0.39, 0.29) is 0 Å². The van der Waals surface area contributed by atoms with Crippen LogP contribution in [0.4, 0.5) is 0 Å². The predicted octanol–water partition coefficient (Wildman–Crippen LogP) is 5.99. The van der Waals surface area contributed by atoms with Gasteiger partial charge in [-0.15, -0.1) is 11.3 Å². The topological polar surface area (TPSA) is 12.0 Å². The van der Waals surface area contributed by atoms with E-state index in [0.29, 0.717) is 12.0 Å². The van der Waals surface area contributed by atoms with E-state index in [9.17, 15) is 0 Å². The van der Waals surface area contributed by atoms with E-state index in [1.807, 2.05) is 11.3 Å². The average molecular weight is 301 g/mol. The predicted molar refractivity (Wildman–Crippen MR) is 95.2 cm³/mol. The van der Waals surface area contributed by atoms with Crippen molar-refractivity contribution in [3.05, 3.63) is 46.8 Å². The third-order valence-electron chi connectivity index (χ3n) is 3.86. The van der Waals surface area contributed by atoms with Crippen molar-refractivity contribution in [1.29, 1.82) is 0 Å². The first-order valence-corrected chi connectivity index (χ1v) is 8.90. The Bertz CT molecular complexity index is 556. The quantitative estimate of drug-likeness (QED) is 0.662. The molecule has 0 aliphatic carbocycles. The van der Waals surface area contributed by atoms with E-state index in [4.69, 9.17) is 0 Å². The van der Waals surface area contributed by atoms with E-state index in [2.05, 4.69) is 69.4 Å². The average Bonchev–Trinajstić information content (AvgIpc) is 2.98. The molecule has 2 rings (SSSR count). The van der Waals surface area contributed by atoms with Gasteiger partial charge >= 0.3 is 0 Å². The molecule has 1 nitrogen and oxygen atoms in total. The molecule has 1 atom stereocenters. The molecule has 1 unspecified atom stereocenters. The van der Waals surface area contributed by atoms with Crippen LogP contribution < -0.4 is 5.32 Å². The molecule has 0 fully saturated rings. The maximum atomic E-state index is 3.64. The fourth-order valence-corrected chi connectivity index (χ4v) is 3.67. The lowest BCUT2D eigenvalue weighted by Gasteiger charge is -2.14. The molecule has 1 heterocycles. The maximum absolute atomic E-state index is 3.64. The lowest BCUT2D eigenvalue weighted by atomic mass is 10.0. The highest BCUT2D eigenvalue weighted by atomic mass is 32.1. The van der Waals surface area contributed by atoms with Crippen molar-refractivity contribution in [2.45, 2.75) is 52.5 Å². The van der Waals surface area contributed by atoms with E-state index < -0.39 is 0 Å². The van der Waals surface area contributed by atoms with Crippen LogP contribution in [0.25, 0.3) is 10.4 Å². The summed E-state index contributed by atoms with van der Waals surface area (Å²) in [6.07, 6.45) is 2.33. The number of nitrogens with one attached hydrogen (secondary N) is 1. The van der Waals surface area contributed by atoms with Crippen molar-refractivity contribution in [3.8, 4) is 10.4 Å². The summed E-state index contributed by atoms with van der Waals surface area (Å²) in [5, 5.41) is 3.64. The molecule has 0 saturated heterocycles. The molecule has 2 heteroatoms. The van der Waals surface area contributed by atoms with Crippen molar-refractivity contribution < 1.29 is 0 Å². The van der Waals surface area contributed by atoms with Crippen LogP contribution in [-0.4, -0.2) is 6.54 Å². The van der Waals surface area contributed by atoms with Crippen LogP contribution in [0.3, 0.4) is 0 Å². The fraction of sp³-hybridized carbons (Fsp3) is 0.474. The largest absolute Gasteiger partial charge is 0.309 e. The number of hydrogen-bond acceptors (Lipinski definition) is 2. The van der Waals surface area contributed by atoms with E-state index in [1.165, 1.54) is 27.3 Å². The molecule has 114 valence electrons. The molecular formula is C19H27NS. The minimum absolute atomic E-state index is 0.497. The third kappa shape index (κ3) is 4.18. The van der Waals surface area contributed by atoms with Crippen LogP contribution in [0.15, 0.2) is 36.4 Å². The van der Waals surface area contributed by atoms with Gasteiger partial charge in [0.15, 0.2) is 0 Å². The fourth-order valence-electron chi connectivity index (χ4n) is 2.51. The number of benzene rings is 1. The van der Waals surface area contributed by atoms with Gasteiger partial charge < -0.3 is 5.32 Å². The molecule has 21 heavy (non-hydrogen) atoms. The van der Waals surface area contributed by atoms with Crippen molar-refractivity contribution in [2.75, 3.05) is 6.54 Å². The van der Waals surface area contributed by atoms with Crippen LogP contribution >= 0.6 is 11.3 Å². The Balaban J connectivity index is 2.20. The summed E-state index contributed by atoms with van der Waals surface area (Å²) >= 11 is 1.93. The van der Waals surface area contributed by atoms with Crippen molar-refractivity contribution in [2.24, 2.45) is 0 Å². The zero-order valence-electron chi connectivity index (χ0n) is 13.6. The van der Waals surface area contributed by atoms with Gasteiger partial charge in [-0.2, -0.15) is 0 Å². The summed E-state index contributed by atoms with van der Waals surface area (Å²) in [4.78, 5) is 2.83. The highest BCUT2D eigenvalue weighted by Crippen LogP contribution is 2.33. The Morgan fingerprint density at radius 2 is 1.90 bits per heavy atom. The third-order valence-corrected chi connectivity index (χ3v) is 5.11. The Hall–Kier alpha value is -1.12. The van der Waals surface area contributed by atoms with Crippen LogP contribution in [0, 0.1) is 0 Å². The highest BCUT2D eigenvalue weighted by molar-refractivity contribution is 7.15. The molecule has 0 radical (unpaired) electrons. The second-order valence-electron chi connectivity index (χ2n) is 5.90. The zero-order valence-corrected chi connectivity index (χ0v) is 14.5. The summed E-state index contributed by atoms with van der Waals surface area (Å²) < 4.78 is 0. The molecule has 1 N–H and O–H groups in total. The first-order valence-electron chi connectivity index (χ1n) is 8.09. The second kappa shape index (κ2) is 7.77. The summed E-state index contributed by atoms with van der Waals surface area (Å²) in [7, 11) is 0. The minimum Gasteiger partial charge on any atom is -0.309 e. The van der Waals surface area contributed by atoms with Gasteiger partial charge in [-0.05, 0) is 48.6 Å². The van der Waals surface area contributed by atoms with Gasteiger partial charge in [-0.1, -0.05) is 52.0 Å². The summed E-state index contributed by atoms with van der Waals surface area (Å²) in [6.45, 7) is 10.1. The van der Waals surface area contributed by atoms with Gasteiger partial charge in [0.2, 0.25) is 0 Å². The SMILES string of the molecule is CCCNC(CC)c1ccc(-c2cccc(C(C)C)c2)s1. The van der Waals surface area contributed by atoms with Crippen LogP contribution in [0.2, 0.25) is 0 Å². The number of hydrogen-bond donors (Lipinski definition) is 1. The zero-order chi connectivity index (χ0) is 15.2. The van der Waals surface area contributed by atoms with Gasteiger partial charge in [0.05, 0.1) is 0 Å². The van der Waals surface area contributed by atoms with Gasteiger partial charge in [0, 0.05) is 15.8 Å². The Kier molecular flexibility index (Phi) is 6.01. The lowest BCUT2D eigenvalue weighted by Crippen LogP contribution is -2.20. The molecule has 0 aliphatic rings. The molecular weight excluding hydrogens is 274 g/mol. The molecule has 0 spiro atoms. The monoisotopic (exact) mass is 301 g/mol. The van der Waals surface area contributed by atoms with E-state index >= 15 is 0 Å². The Morgan fingerprint density at radius 3 is 2.57 bits per heavy atom. The van der Waals surface area contributed by atoms with Gasteiger partial charge in [0.25, 0.3) is 0 Å². The smallest absolute Gasteiger partial charge is 0.0412 e. The second-order valence-corrected chi connectivity index (χ2v) is 7.01. The maximum Gasteiger partial charge on any atom is 0.0412 e. The molecule has 1 aromatic heterocycles. The lowest BCUT2D eigenvalue weighted by molar-refractivity contribution is 0.525. The molecule has 0 saturated carbocycles. The Morgan fingerprint density at radius 1 is 1.10 bits per heavy atom. The van der Waals surface area contributed by atoms with Crippen LogP contribution in [0.5, 0.6) is 0 Å². The number of rotatable bonds is 7. The first kappa shape index (κ1) is 16.3. The molecule has 2 aromatic rings. The minimum atomic E-state index is 0.497. The van der Waals surface area contributed by atoms with Gasteiger partial charge in [-0.25, -0.2) is 0 Å². The van der Waals surface area contributed by atoms with Gasteiger partial charge in [-0.3, -0.25) is 0 Å². The highest BCUT2D eigenvalue weighted by Gasteiger charge is 2.12. The van der Waals surface area contributed by atoms with Crippen molar-refractivity contribution >= 4 is 11.3 Å². The number of thiophene rings is 1. The molecule has 0 bridgehead atoms. The van der Waals surface area contributed by atoms with Crippen LogP contribution in [0.1, 0.15) is 62.9 Å². The summed E-state index contributed by atoms with van der Waals surface area (Å²) in [6, 6.07) is 14.0.